The van der Waals surface area contributed by atoms with Gasteiger partial charge in [-0.05, 0) is 29.3 Å². The van der Waals surface area contributed by atoms with Gasteiger partial charge in [-0.2, -0.15) is 0 Å². The maximum absolute atomic E-state index is 12.2. The quantitative estimate of drug-likeness (QED) is 0.388. The van der Waals surface area contributed by atoms with Crippen LogP contribution < -0.4 is 0 Å². The van der Waals surface area contributed by atoms with Gasteiger partial charge in [-0.3, -0.25) is 4.79 Å². The Morgan fingerprint density at radius 2 is 1.56 bits per heavy atom. The van der Waals surface area contributed by atoms with E-state index >= 15 is 0 Å². The molecule has 124 valence electrons. The summed E-state index contributed by atoms with van der Waals surface area (Å²) in [5.74, 6) is -0.753. The van der Waals surface area contributed by atoms with Crippen molar-refractivity contribution in [1.29, 1.82) is 0 Å². The van der Waals surface area contributed by atoms with E-state index in [0.29, 0.717) is 5.56 Å². The summed E-state index contributed by atoms with van der Waals surface area (Å²) in [7, 11) is 0. The molecule has 0 radical (unpaired) electrons. The third-order valence-corrected chi connectivity index (χ3v) is 3.94. The van der Waals surface area contributed by atoms with Crippen molar-refractivity contribution in [3.8, 4) is 0 Å². The van der Waals surface area contributed by atoms with Crippen LogP contribution in [0.25, 0.3) is 16.8 Å². The molecule has 1 atom stereocenters. The molecule has 0 unspecified atom stereocenters. The number of ketones is 1. The highest BCUT2D eigenvalue weighted by atomic mass is 16.5. The number of carbonyl (C=O) groups excluding carboxylic acids is 2. The Morgan fingerprint density at radius 3 is 2.36 bits per heavy atom. The standard InChI is InChI=1S/C22H18O3/c1-16(22(24)19-9-3-2-4-10-19)25-21(23)15-14-18-12-7-11-17-8-5-6-13-20(17)18/h2-16H,1H3/b15-14+/t16-/m1/s1. The van der Waals surface area contributed by atoms with Crippen LogP contribution in [0.4, 0.5) is 0 Å². The molecular weight excluding hydrogens is 312 g/mol. The van der Waals surface area contributed by atoms with E-state index in [1.54, 1.807) is 37.3 Å². The second-order valence-electron chi connectivity index (χ2n) is 5.71. The number of benzene rings is 3. The van der Waals surface area contributed by atoms with Gasteiger partial charge in [-0.25, -0.2) is 4.79 Å². The summed E-state index contributed by atoms with van der Waals surface area (Å²) in [5.41, 5.74) is 1.46. The molecule has 0 aliphatic carbocycles. The fraction of sp³-hybridized carbons (Fsp3) is 0.0909. The fourth-order valence-electron chi connectivity index (χ4n) is 2.66. The highest BCUT2D eigenvalue weighted by Gasteiger charge is 2.18. The van der Waals surface area contributed by atoms with Crippen LogP contribution in [0.5, 0.6) is 0 Å². The summed E-state index contributed by atoms with van der Waals surface area (Å²) >= 11 is 0. The SMILES string of the molecule is C[C@@H](OC(=O)/C=C/c1cccc2ccccc12)C(=O)c1ccccc1. The number of esters is 1. The Bertz CT molecular complexity index is 921. The first-order chi connectivity index (χ1) is 12.1. The Kier molecular flexibility index (Phi) is 5.05. The van der Waals surface area contributed by atoms with Crippen LogP contribution >= 0.6 is 0 Å². The van der Waals surface area contributed by atoms with Gasteiger partial charge in [-0.15, -0.1) is 0 Å². The van der Waals surface area contributed by atoms with Crippen molar-refractivity contribution >= 4 is 28.6 Å². The third-order valence-electron chi connectivity index (χ3n) is 3.94. The third kappa shape index (κ3) is 4.01. The second kappa shape index (κ2) is 7.58. The van der Waals surface area contributed by atoms with Crippen LogP contribution in [0.3, 0.4) is 0 Å². The molecule has 3 aromatic rings. The van der Waals surface area contributed by atoms with Crippen molar-refractivity contribution in [2.24, 2.45) is 0 Å². The zero-order valence-corrected chi connectivity index (χ0v) is 13.9. The van der Waals surface area contributed by atoms with Crippen LogP contribution in [-0.4, -0.2) is 17.9 Å². The molecule has 0 aliphatic heterocycles. The molecule has 3 nitrogen and oxygen atoms in total. The molecule has 0 aromatic heterocycles. The average Bonchev–Trinajstić information content (AvgIpc) is 2.66. The smallest absolute Gasteiger partial charge is 0.331 e. The predicted molar refractivity (Wildman–Crippen MR) is 99.3 cm³/mol. The summed E-state index contributed by atoms with van der Waals surface area (Å²) in [4.78, 5) is 24.3. The number of Topliss-reactive ketones (excluding diaryl/α,β-unsaturated/α-hetero) is 1. The topological polar surface area (TPSA) is 43.4 Å². The normalized spacial score (nSPS) is 12.2. The molecule has 25 heavy (non-hydrogen) atoms. The summed E-state index contributed by atoms with van der Waals surface area (Å²) in [5, 5.41) is 2.16. The number of hydrogen-bond acceptors (Lipinski definition) is 3. The lowest BCUT2D eigenvalue weighted by Gasteiger charge is -2.10. The first-order valence-corrected chi connectivity index (χ1v) is 8.11. The van der Waals surface area contributed by atoms with Crippen molar-refractivity contribution < 1.29 is 14.3 Å². The molecule has 0 fully saturated rings. The lowest BCUT2D eigenvalue weighted by molar-refractivity contribution is -0.140. The lowest BCUT2D eigenvalue weighted by atomic mass is 10.0. The molecule has 0 aliphatic rings. The van der Waals surface area contributed by atoms with Gasteiger partial charge in [0, 0.05) is 11.6 Å². The summed E-state index contributed by atoms with van der Waals surface area (Å²) in [6, 6.07) is 22.7. The Balaban J connectivity index is 1.69. The summed E-state index contributed by atoms with van der Waals surface area (Å²) in [6.45, 7) is 1.58. The maximum atomic E-state index is 12.2. The molecule has 3 rings (SSSR count). The van der Waals surface area contributed by atoms with Gasteiger partial charge in [0.2, 0.25) is 5.78 Å². The zero-order chi connectivity index (χ0) is 17.6. The first kappa shape index (κ1) is 16.7. The van der Waals surface area contributed by atoms with Crippen LogP contribution in [0.2, 0.25) is 0 Å². The van der Waals surface area contributed by atoms with Crippen LogP contribution in [0.15, 0.2) is 78.9 Å². The van der Waals surface area contributed by atoms with E-state index in [1.165, 1.54) is 6.08 Å². The van der Waals surface area contributed by atoms with Crippen LogP contribution in [0, 0.1) is 0 Å². The maximum Gasteiger partial charge on any atom is 0.331 e. The minimum Gasteiger partial charge on any atom is -0.451 e. The Labute approximate surface area is 146 Å². The van der Waals surface area contributed by atoms with Crippen molar-refractivity contribution in [2.75, 3.05) is 0 Å². The monoisotopic (exact) mass is 330 g/mol. The van der Waals surface area contributed by atoms with Crippen LogP contribution in [0.1, 0.15) is 22.8 Å². The largest absolute Gasteiger partial charge is 0.451 e. The van der Waals surface area contributed by atoms with Crippen molar-refractivity contribution in [3.05, 3.63) is 90.0 Å². The van der Waals surface area contributed by atoms with Gasteiger partial charge < -0.3 is 4.74 Å². The Morgan fingerprint density at radius 1 is 0.880 bits per heavy atom. The Hall–Kier alpha value is -3.20. The van der Waals surface area contributed by atoms with E-state index in [-0.39, 0.29) is 5.78 Å². The molecule has 0 N–H and O–H groups in total. The lowest BCUT2D eigenvalue weighted by Crippen LogP contribution is -2.23. The van der Waals surface area contributed by atoms with Gasteiger partial charge in [-0.1, -0.05) is 72.8 Å². The van der Waals surface area contributed by atoms with Crippen molar-refractivity contribution in [2.45, 2.75) is 13.0 Å². The van der Waals surface area contributed by atoms with Crippen LogP contribution in [-0.2, 0) is 9.53 Å². The molecule has 0 bridgehead atoms. The van der Waals surface area contributed by atoms with E-state index in [2.05, 4.69) is 0 Å². The number of carbonyl (C=O) groups is 2. The second-order valence-corrected chi connectivity index (χ2v) is 5.71. The predicted octanol–water partition coefficient (Wildman–Crippen LogP) is 4.67. The molecule has 0 amide bonds. The van der Waals surface area contributed by atoms with Gasteiger partial charge >= 0.3 is 5.97 Å². The van der Waals surface area contributed by atoms with E-state index in [4.69, 9.17) is 4.74 Å². The molecule has 0 saturated heterocycles. The first-order valence-electron chi connectivity index (χ1n) is 8.11. The number of fused-ring (bicyclic) bond motifs is 1. The molecule has 3 aromatic carbocycles. The minimum absolute atomic E-state index is 0.215. The summed E-state index contributed by atoms with van der Waals surface area (Å²) < 4.78 is 5.23. The molecule has 0 heterocycles. The zero-order valence-electron chi connectivity index (χ0n) is 13.9. The number of ether oxygens (including phenoxy) is 1. The highest BCUT2D eigenvalue weighted by molar-refractivity contribution is 6.01. The fourth-order valence-corrected chi connectivity index (χ4v) is 2.66. The van der Waals surface area contributed by atoms with Gasteiger partial charge in [0.25, 0.3) is 0 Å². The average molecular weight is 330 g/mol. The van der Waals surface area contributed by atoms with Crippen molar-refractivity contribution in [1.82, 2.24) is 0 Å². The van der Waals surface area contributed by atoms with Gasteiger partial charge in [0.1, 0.15) is 0 Å². The molecule has 3 heteroatoms. The van der Waals surface area contributed by atoms with E-state index in [1.807, 2.05) is 48.5 Å². The van der Waals surface area contributed by atoms with Crippen molar-refractivity contribution in [3.63, 3.8) is 0 Å². The number of rotatable bonds is 5. The van der Waals surface area contributed by atoms with E-state index < -0.39 is 12.1 Å². The number of hydrogen-bond donors (Lipinski definition) is 0. The van der Waals surface area contributed by atoms with Gasteiger partial charge in [0.05, 0.1) is 0 Å². The molecule has 0 spiro atoms. The molecule has 0 saturated carbocycles. The van der Waals surface area contributed by atoms with E-state index in [0.717, 1.165) is 16.3 Å². The van der Waals surface area contributed by atoms with E-state index in [9.17, 15) is 9.59 Å². The molecular formula is C22H18O3. The van der Waals surface area contributed by atoms with Gasteiger partial charge in [0.15, 0.2) is 6.10 Å². The summed E-state index contributed by atoms with van der Waals surface area (Å²) in [6.07, 6.45) is 2.24. The highest BCUT2D eigenvalue weighted by Crippen LogP contribution is 2.19. The minimum atomic E-state index is -0.827.